The number of nitro groups is 1. The summed E-state index contributed by atoms with van der Waals surface area (Å²) in [6.07, 6.45) is 1.11. The Morgan fingerprint density at radius 2 is 1.74 bits per heavy atom. The van der Waals surface area contributed by atoms with E-state index in [2.05, 4.69) is 10.5 Å². The monoisotopic (exact) mass is 520 g/mol. The molecule has 12 heteroatoms. The summed E-state index contributed by atoms with van der Waals surface area (Å²) < 4.78 is 27.6. The van der Waals surface area contributed by atoms with E-state index in [9.17, 15) is 23.3 Å². The summed E-state index contributed by atoms with van der Waals surface area (Å²) in [6, 6.07) is 18.5. The summed E-state index contributed by atoms with van der Waals surface area (Å²) in [4.78, 5) is 22.8. The molecule has 0 atom stereocenters. The van der Waals surface area contributed by atoms with E-state index in [1.165, 1.54) is 36.4 Å². The zero-order valence-corrected chi connectivity index (χ0v) is 19.8. The topological polar surface area (TPSA) is 122 Å². The van der Waals surface area contributed by atoms with E-state index >= 15 is 0 Å². The predicted octanol–water partition coefficient (Wildman–Crippen LogP) is 4.24. The average molecular weight is 521 g/mol. The van der Waals surface area contributed by atoms with E-state index < -0.39 is 27.4 Å². The number of nitrogens with zero attached hydrogens (tertiary/aromatic N) is 3. The van der Waals surface area contributed by atoms with Crippen molar-refractivity contribution in [3.63, 3.8) is 0 Å². The molecule has 3 aromatic carbocycles. The fraction of sp³-hybridized carbons (Fsp3) is 0.0909. The minimum atomic E-state index is -4.23. The molecular weight excluding hydrogens is 503 g/mol. The Kier molecular flexibility index (Phi) is 8.35. The van der Waals surface area contributed by atoms with E-state index in [1.807, 2.05) is 0 Å². The van der Waals surface area contributed by atoms with Gasteiger partial charge in [-0.15, -0.1) is 0 Å². The molecule has 34 heavy (non-hydrogen) atoms. The largest absolute Gasteiger partial charge is 0.278 e. The van der Waals surface area contributed by atoms with Crippen LogP contribution in [0.1, 0.15) is 11.1 Å². The number of benzene rings is 3. The molecule has 0 heterocycles. The van der Waals surface area contributed by atoms with Crippen LogP contribution in [0, 0.1) is 10.1 Å². The Balaban J connectivity index is 1.84. The van der Waals surface area contributed by atoms with E-state index in [0.29, 0.717) is 5.56 Å². The van der Waals surface area contributed by atoms with Crippen molar-refractivity contribution < 1.29 is 18.1 Å². The van der Waals surface area contributed by atoms with Gasteiger partial charge in [0.15, 0.2) is 0 Å². The molecule has 0 radical (unpaired) electrons. The molecular formula is C22H18Cl2N4O5S. The number of halogens is 2. The average Bonchev–Trinajstić information content (AvgIpc) is 2.81. The molecule has 9 nitrogen and oxygen atoms in total. The van der Waals surface area contributed by atoms with E-state index in [0.717, 1.165) is 10.5 Å². The maximum absolute atomic E-state index is 13.3. The van der Waals surface area contributed by atoms with Crippen LogP contribution in [-0.2, 0) is 21.4 Å². The first-order valence-electron chi connectivity index (χ1n) is 9.73. The van der Waals surface area contributed by atoms with Crippen LogP contribution >= 0.6 is 23.2 Å². The highest BCUT2D eigenvalue weighted by Gasteiger charge is 2.29. The van der Waals surface area contributed by atoms with Crippen molar-refractivity contribution >= 4 is 51.0 Å². The Bertz CT molecular complexity index is 1330. The zero-order chi connectivity index (χ0) is 24.7. The fourth-order valence-corrected chi connectivity index (χ4v) is 5.08. The van der Waals surface area contributed by atoms with Crippen LogP contribution in [0.5, 0.6) is 0 Å². The van der Waals surface area contributed by atoms with Gasteiger partial charge in [0.2, 0.25) is 10.0 Å². The van der Waals surface area contributed by atoms with Crippen LogP contribution in [0.15, 0.2) is 82.8 Å². The third kappa shape index (κ3) is 6.39. The molecule has 0 fully saturated rings. The number of para-hydroxylation sites is 1. The summed E-state index contributed by atoms with van der Waals surface area (Å²) in [5, 5.41) is 15.0. The van der Waals surface area contributed by atoms with Crippen molar-refractivity contribution in [3.05, 3.63) is 104 Å². The number of carbonyl (C=O) groups excluding carboxylic acids is 1. The SMILES string of the molecule is O=C(CN(Cc1ccccc1)S(=O)(=O)c1cc(Cl)ccc1Cl)NN=Cc1ccccc1[N+](=O)[O-]. The molecule has 0 saturated heterocycles. The lowest BCUT2D eigenvalue weighted by Crippen LogP contribution is -2.39. The minimum absolute atomic E-state index is 0.0442. The Labute approximate surface area is 205 Å². The van der Waals surface area contributed by atoms with Gasteiger partial charge in [-0.05, 0) is 29.8 Å². The van der Waals surface area contributed by atoms with Crippen LogP contribution in [0.3, 0.4) is 0 Å². The van der Waals surface area contributed by atoms with Gasteiger partial charge < -0.3 is 0 Å². The van der Waals surface area contributed by atoms with Gasteiger partial charge in [-0.25, -0.2) is 13.8 Å². The second kappa shape index (κ2) is 11.2. The van der Waals surface area contributed by atoms with Crippen LogP contribution in [0.2, 0.25) is 10.0 Å². The Hall–Kier alpha value is -3.31. The maximum Gasteiger partial charge on any atom is 0.278 e. The van der Waals surface area contributed by atoms with E-state index in [4.69, 9.17) is 23.2 Å². The van der Waals surface area contributed by atoms with Gasteiger partial charge in [0.25, 0.3) is 11.6 Å². The quantitative estimate of drug-likeness (QED) is 0.256. The Morgan fingerprint density at radius 3 is 2.44 bits per heavy atom. The maximum atomic E-state index is 13.3. The third-order valence-electron chi connectivity index (χ3n) is 4.56. The molecule has 0 aliphatic heterocycles. The lowest BCUT2D eigenvalue weighted by atomic mass is 10.2. The van der Waals surface area contributed by atoms with E-state index in [1.54, 1.807) is 36.4 Å². The summed E-state index contributed by atoms with van der Waals surface area (Å²) in [6.45, 7) is -0.707. The molecule has 0 unspecified atom stereocenters. The molecule has 1 N–H and O–H groups in total. The lowest BCUT2D eigenvalue weighted by Gasteiger charge is -2.22. The standard InChI is InChI=1S/C22H18Cl2N4O5S/c23-18-10-11-19(24)21(12-18)34(32,33)27(14-16-6-2-1-3-7-16)15-22(29)26-25-13-17-8-4-5-9-20(17)28(30)31/h1-13H,14-15H2,(H,26,29). The molecule has 0 saturated carbocycles. The Morgan fingerprint density at radius 1 is 1.06 bits per heavy atom. The number of nitro benzene ring substituents is 1. The van der Waals surface area contributed by atoms with Gasteiger partial charge in [-0.3, -0.25) is 14.9 Å². The first kappa shape index (κ1) is 25.3. The van der Waals surface area contributed by atoms with E-state index in [-0.39, 0.29) is 32.7 Å². The molecule has 0 spiro atoms. The summed E-state index contributed by atoms with van der Waals surface area (Å²) >= 11 is 12.1. The molecule has 0 aliphatic carbocycles. The predicted molar refractivity (Wildman–Crippen MR) is 129 cm³/mol. The molecule has 176 valence electrons. The molecule has 0 bridgehead atoms. The van der Waals surface area contributed by atoms with Gasteiger partial charge in [0.1, 0.15) is 4.90 Å². The molecule has 0 aromatic heterocycles. The highest BCUT2D eigenvalue weighted by molar-refractivity contribution is 7.89. The molecule has 0 aliphatic rings. The minimum Gasteiger partial charge on any atom is -0.272 e. The number of sulfonamides is 1. The lowest BCUT2D eigenvalue weighted by molar-refractivity contribution is -0.385. The van der Waals surface area contributed by atoms with Gasteiger partial charge in [0.05, 0.1) is 28.3 Å². The van der Waals surface area contributed by atoms with Gasteiger partial charge >= 0.3 is 0 Å². The number of nitrogens with one attached hydrogen (secondary N) is 1. The van der Waals surface area contributed by atoms with Crippen molar-refractivity contribution in [2.45, 2.75) is 11.4 Å². The van der Waals surface area contributed by atoms with Gasteiger partial charge in [-0.2, -0.15) is 9.41 Å². The smallest absolute Gasteiger partial charge is 0.272 e. The highest BCUT2D eigenvalue weighted by Crippen LogP contribution is 2.28. The zero-order valence-electron chi connectivity index (χ0n) is 17.5. The summed E-state index contributed by atoms with van der Waals surface area (Å²) in [7, 11) is -4.23. The number of hydrogen-bond acceptors (Lipinski definition) is 6. The number of amides is 1. The van der Waals surface area contributed by atoms with Crippen LogP contribution < -0.4 is 5.43 Å². The normalized spacial score (nSPS) is 11.6. The van der Waals surface area contributed by atoms with Crippen molar-refractivity contribution in [1.29, 1.82) is 0 Å². The fourth-order valence-electron chi connectivity index (χ4n) is 2.96. The van der Waals surface area contributed by atoms with Gasteiger partial charge in [-0.1, -0.05) is 65.7 Å². The number of rotatable bonds is 9. The molecule has 3 rings (SSSR count). The number of carbonyl (C=O) groups is 1. The summed E-state index contributed by atoms with van der Waals surface area (Å²) in [5.41, 5.74) is 2.83. The van der Waals surface area contributed by atoms with Crippen molar-refractivity contribution in [3.8, 4) is 0 Å². The van der Waals surface area contributed by atoms with Crippen LogP contribution in [0.4, 0.5) is 5.69 Å². The van der Waals surface area contributed by atoms with Crippen molar-refractivity contribution in [1.82, 2.24) is 9.73 Å². The number of hydrazone groups is 1. The van der Waals surface area contributed by atoms with Gasteiger partial charge in [0, 0.05) is 17.6 Å². The number of hydrogen-bond donors (Lipinski definition) is 1. The molecule has 1 amide bonds. The first-order chi connectivity index (χ1) is 16.2. The molecule has 3 aromatic rings. The van der Waals surface area contributed by atoms with Crippen molar-refractivity contribution in [2.75, 3.05) is 6.54 Å². The van der Waals surface area contributed by atoms with Crippen molar-refractivity contribution in [2.24, 2.45) is 5.10 Å². The van der Waals surface area contributed by atoms with Crippen LogP contribution in [0.25, 0.3) is 0 Å². The second-order valence-corrected chi connectivity index (χ2v) is 9.69. The third-order valence-corrected chi connectivity index (χ3v) is 7.07. The highest BCUT2D eigenvalue weighted by atomic mass is 35.5. The second-order valence-electron chi connectivity index (χ2n) is 6.94. The van der Waals surface area contributed by atoms with Crippen LogP contribution in [-0.4, -0.2) is 36.3 Å². The summed E-state index contributed by atoms with van der Waals surface area (Å²) in [5.74, 6) is -0.757. The first-order valence-corrected chi connectivity index (χ1v) is 11.9.